The number of likely N-dealkylation sites (tertiary alicyclic amines) is 1. The van der Waals surface area contributed by atoms with Crippen LogP contribution in [0, 0.1) is 5.92 Å². The smallest absolute Gasteiger partial charge is 0.229 e. The molecule has 2 aromatic rings. The second kappa shape index (κ2) is 6.74. The molecule has 24 heavy (non-hydrogen) atoms. The molecule has 1 aliphatic heterocycles. The van der Waals surface area contributed by atoms with Crippen molar-refractivity contribution in [3.63, 3.8) is 0 Å². The molecule has 0 aliphatic carbocycles. The summed E-state index contributed by atoms with van der Waals surface area (Å²) >= 11 is 0. The van der Waals surface area contributed by atoms with Gasteiger partial charge in [-0.15, -0.1) is 0 Å². The molecule has 1 aromatic heterocycles. The van der Waals surface area contributed by atoms with Crippen LogP contribution in [-0.2, 0) is 23.2 Å². The predicted molar refractivity (Wildman–Crippen MR) is 88.4 cm³/mol. The van der Waals surface area contributed by atoms with Crippen LogP contribution in [0.3, 0.4) is 0 Å². The first-order valence-electron chi connectivity index (χ1n) is 7.76. The van der Waals surface area contributed by atoms with Crippen molar-refractivity contribution in [2.75, 3.05) is 19.0 Å². The van der Waals surface area contributed by atoms with Crippen molar-refractivity contribution in [1.82, 2.24) is 14.7 Å². The van der Waals surface area contributed by atoms with E-state index in [-0.39, 0.29) is 24.2 Å². The van der Waals surface area contributed by atoms with Gasteiger partial charge in [-0.2, -0.15) is 5.10 Å². The number of carbonyl (C=O) groups excluding carboxylic acids is 2. The van der Waals surface area contributed by atoms with E-state index in [9.17, 15) is 9.59 Å². The van der Waals surface area contributed by atoms with Gasteiger partial charge < -0.3 is 15.0 Å². The van der Waals surface area contributed by atoms with E-state index in [2.05, 4.69) is 10.4 Å². The Bertz CT molecular complexity index is 756. The topological polar surface area (TPSA) is 76.5 Å². The Morgan fingerprint density at radius 3 is 2.92 bits per heavy atom. The SMILES string of the molecule is COc1ccccc1CN1C[C@H](C(=O)Nc2cnn(C)c2)CC1=O. The van der Waals surface area contributed by atoms with E-state index in [0.717, 1.165) is 11.3 Å². The summed E-state index contributed by atoms with van der Waals surface area (Å²) in [5, 5.41) is 6.82. The zero-order valence-corrected chi connectivity index (χ0v) is 13.7. The maximum atomic E-state index is 12.3. The Morgan fingerprint density at radius 1 is 1.42 bits per heavy atom. The van der Waals surface area contributed by atoms with Crippen molar-refractivity contribution in [1.29, 1.82) is 0 Å². The Kier molecular flexibility index (Phi) is 4.50. The second-order valence-electron chi connectivity index (χ2n) is 5.88. The van der Waals surface area contributed by atoms with Gasteiger partial charge in [0, 0.05) is 38.3 Å². The van der Waals surface area contributed by atoms with Gasteiger partial charge in [-0.3, -0.25) is 14.3 Å². The third-order valence-corrected chi connectivity index (χ3v) is 4.11. The van der Waals surface area contributed by atoms with E-state index in [1.165, 1.54) is 0 Å². The number of nitrogens with one attached hydrogen (secondary N) is 1. The maximum Gasteiger partial charge on any atom is 0.229 e. The highest BCUT2D eigenvalue weighted by molar-refractivity contribution is 5.97. The normalized spacial score (nSPS) is 17.2. The maximum absolute atomic E-state index is 12.3. The first kappa shape index (κ1) is 16.0. The number of rotatable bonds is 5. The minimum atomic E-state index is -0.354. The highest BCUT2D eigenvalue weighted by Gasteiger charge is 2.34. The first-order chi connectivity index (χ1) is 11.6. The van der Waals surface area contributed by atoms with E-state index in [4.69, 9.17) is 4.74 Å². The summed E-state index contributed by atoms with van der Waals surface area (Å²) < 4.78 is 6.93. The number of anilines is 1. The Hall–Kier alpha value is -2.83. The molecule has 1 atom stereocenters. The van der Waals surface area contributed by atoms with Crippen LogP contribution in [0.5, 0.6) is 5.75 Å². The molecule has 0 bridgehead atoms. The van der Waals surface area contributed by atoms with Crippen molar-refractivity contribution >= 4 is 17.5 Å². The first-order valence-corrected chi connectivity index (χ1v) is 7.76. The Morgan fingerprint density at radius 2 is 2.21 bits per heavy atom. The van der Waals surface area contributed by atoms with E-state index < -0.39 is 0 Å². The molecule has 1 saturated heterocycles. The van der Waals surface area contributed by atoms with Gasteiger partial charge in [-0.1, -0.05) is 18.2 Å². The number of para-hydroxylation sites is 1. The summed E-state index contributed by atoms with van der Waals surface area (Å²) in [6, 6.07) is 7.58. The average Bonchev–Trinajstić information content (AvgIpc) is 3.14. The largest absolute Gasteiger partial charge is 0.496 e. The molecule has 0 saturated carbocycles. The van der Waals surface area contributed by atoms with Crippen LogP contribution in [0.15, 0.2) is 36.7 Å². The van der Waals surface area contributed by atoms with Crippen LogP contribution in [0.1, 0.15) is 12.0 Å². The van der Waals surface area contributed by atoms with Gasteiger partial charge in [-0.05, 0) is 6.07 Å². The van der Waals surface area contributed by atoms with Crippen LogP contribution in [0.2, 0.25) is 0 Å². The average molecular weight is 328 g/mol. The van der Waals surface area contributed by atoms with Gasteiger partial charge in [0.05, 0.1) is 24.9 Å². The molecule has 2 amide bonds. The fourth-order valence-corrected chi connectivity index (χ4v) is 2.87. The lowest BCUT2D eigenvalue weighted by Crippen LogP contribution is -2.28. The number of carbonyl (C=O) groups is 2. The summed E-state index contributed by atoms with van der Waals surface area (Å²) in [6.45, 7) is 0.850. The molecule has 1 N–H and O–H groups in total. The molecule has 0 radical (unpaired) electrons. The molecule has 1 aromatic carbocycles. The summed E-state index contributed by atoms with van der Waals surface area (Å²) in [6.07, 6.45) is 3.53. The van der Waals surface area contributed by atoms with Gasteiger partial charge in [0.25, 0.3) is 0 Å². The number of nitrogens with zero attached hydrogens (tertiary/aromatic N) is 3. The predicted octanol–water partition coefficient (Wildman–Crippen LogP) is 1.42. The zero-order valence-electron chi connectivity index (χ0n) is 13.7. The molecule has 3 rings (SSSR count). The molecule has 0 spiro atoms. The van der Waals surface area contributed by atoms with Gasteiger partial charge in [0.1, 0.15) is 5.75 Å². The van der Waals surface area contributed by atoms with Crippen LogP contribution < -0.4 is 10.1 Å². The molecule has 1 aliphatic rings. The summed E-state index contributed by atoms with van der Waals surface area (Å²) in [7, 11) is 3.39. The van der Waals surface area contributed by atoms with Crippen LogP contribution in [0.25, 0.3) is 0 Å². The minimum absolute atomic E-state index is 0.0211. The van der Waals surface area contributed by atoms with Gasteiger partial charge in [-0.25, -0.2) is 0 Å². The molecule has 1 fully saturated rings. The lowest BCUT2D eigenvalue weighted by molar-refractivity contribution is -0.128. The molecule has 0 unspecified atom stereocenters. The molecule has 2 heterocycles. The number of methoxy groups -OCH3 is 1. The lowest BCUT2D eigenvalue weighted by atomic mass is 10.1. The number of amides is 2. The number of aromatic nitrogens is 2. The van der Waals surface area contributed by atoms with E-state index in [1.54, 1.807) is 36.1 Å². The quantitative estimate of drug-likeness (QED) is 0.900. The number of hydrogen-bond donors (Lipinski definition) is 1. The van der Waals surface area contributed by atoms with Gasteiger partial charge in [0.15, 0.2) is 0 Å². The second-order valence-corrected chi connectivity index (χ2v) is 5.88. The standard InChI is InChI=1S/C17H20N4O3/c1-20-11-14(8-18-20)19-17(23)13-7-16(22)21(10-13)9-12-5-3-4-6-15(12)24-2/h3-6,8,11,13H,7,9-10H2,1-2H3,(H,19,23)/t13-/m1/s1. The van der Waals surface area contributed by atoms with Crippen molar-refractivity contribution in [3.05, 3.63) is 42.2 Å². The van der Waals surface area contributed by atoms with Crippen molar-refractivity contribution in [2.24, 2.45) is 13.0 Å². The Labute approximate surface area is 140 Å². The fraction of sp³-hybridized carbons (Fsp3) is 0.353. The summed E-state index contributed by atoms with van der Waals surface area (Å²) in [4.78, 5) is 26.3. The third-order valence-electron chi connectivity index (χ3n) is 4.11. The summed E-state index contributed by atoms with van der Waals surface area (Å²) in [5.41, 5.74) is 1.57. The molecule has 7 nitrogen and oxygen atoms in total. The molecular weight excluding hydrogens is 308 g/mol. The number of hydrogen-bond acceptors (Lipinski definition) is 4. The zero-order chi connectivity index (χ0) is 17.1. The van der Waals surface area contributed by atoms with Crippen molar-refractivity contribution in [2.45, 2.75) is 13.0 Å². The van der Waals surface area contributed by atoms with Gasteiger partial charge in [0.2, 0.25) is 11.8 Å². The number of aryl methyl sites for hydroxylation is 1. The Balaban J connectivity index is 1.64. The van der Waals surface area contributed by atoms with E-state index >= 15 is 0 Å². The lowest BCUT2D eigenvalue weighted by Gasteiger charge is -2.18. The van der Waals surface area contributed by atoms with Crippen molar-refractivity contribution < 1.29 is 14.3 Å². The number of ether oxygens (including phenoxy) is 1. The fourth-order valence-electron chi connectivity index (χ4n) is 2.87. The van der Waals surface area contributed by atoms with E-state index in [1.807, 2.05) is 24.3 Å². The van der Waals surface area contributed by atoms with E-state index in [0.29, 0.717) is 18.8 Å². The number of benzene rings is 1. The van der Waals surface area contributed by atoms with Gasteiger partial charge >= 0.3 is 0 Å². The highest BCUT2D eigenvalue weighted by atomic mass is 16.5. The summed E-state index contributed by atoms with van der Waals surface area (Å²) in [5.74, 6) is 0.215. The van der Waals surface area contributed by atoms with Crippen LogP contribution in [-0.4, -0.2) is 40.1 Å². The molecule has 126 valence electrons. The monoisotopic (exact) mass is 328 g/mol. The highest BCUT2D eigenvalue weighted by Crippen LogP contribution is 2.25. The third kappa shape index (κ3) is 3.40. The van der Waals surface area contributed by atoms with Crippen LogP contribution >= 0.6 is 0 Å². The minimum Gasteiger partial charge on any atom is -0.496 e. The van der Waals surface area contributed by atoms with Crippen LogP contribution in [0.4, 0.5) is 5.69 Å². The molecule has 7 heteroatoms. The molecular formula is C17H20N4O3. The van der Waals surface area contributed by atoms with Crippen molar-refractivity contribution in [3.8, 4) is 5.75 Å².